The van der Waals surface area contributed by atoms with Crippen LogP contribution in [0.25, 0.3) is 0 Å². The first-order valence-corrected chi connectivity index (χ1v) is 10.3. The van der Waals surface area contributed by atoms with Gasteiger partial charge in [-0.25, -0.2) is 0 Å². The number of hydrogen-bond donors (Lipinski definition) is 2. The second-order valence-electron chi connectivity index (χ2n) is 6.99. The molecule has 24 heavy (non-hydrogen) atoms. The molecule has 0 fully saturated rings. The van der Waals surface area contributed by atoms with Crippen LogP contribution < -0.4 is 5.32 Å². The molecule has 0 unspecified atom stereocenters. The Morgan fingerprint density at radius 1 is 0.875 bits per heavy atom. The Kier molecular flexibility index (Phi) is 17.9. The van der Waals surface area contributed by atoms with Gasteiger partial charge in [0.25, 0.3) is 0 Å². The number of rotatable bonds is 17. The monoisotopic (exact) mass is 339 g/mol. The fourth-order valence-electron chi connectivity index (χ4n) is 2.71. The van der Waals surface area contributed by atoms with E-state index in [-0.39, 0.29) is 5.91 Å². The van der Waals surface area contributed by atoms with Crippen molar-refractivity contribution in [3.05, 3.63) is 12.2 Å². The van der Waals surface area contributed by atoms with Crippen molar-refractivity contribution in [2.75, 3.05) is 6.54 Å². The van der Waals surface area contributed by atoms with Crippen molar-refractivity contribution in [3.8, 4) is 0 Å². The van der Waals surface area contributed by atoms with Gasteiger partial charge < -0.3 is 10.4 Å². The Hall–Kier alpha value is -0.830. The summed E-state index contributed by atoms with van der Waals surface area (Å²) in [6.45, 7) is 4.31. The first-order chi connectivity index (χ1) is 11.7. The number of aliphatic hydroxyl groups is 1. The number of hydrogen-bond acceptors (Lipinski definition) is 2. The van der Waals surface area contributed by atoms with Crippen LogP contribution >= 0.6 is 0 Å². The summed E-state index contributed by atoms with van der Waals surface area (Å²) in [6.07, 6.45) is 21.4. The third-order valence-electron chi connectivity index (χ3n) is 4.26. The van der Waals surface area contributed by atoms with E-state index < -0.39 is 6.10 Å². The maximum Gasteiger partial charge on any atom is 0.220 e. The van der Waals surface area contributed by atoms with Gasteiger partial charge in [-0.15, -0.1) is 0 Å². The molecule has 0 saturated carbocycles. The Morgan fingerprint density at radius 3 is 1.92 bits per heavy atom. The highest BCUT2D eigenvalue weighted by molar-refractivity contribution is 5.75. The van der Waals surface area contributed by atoms with Crippen molar-refractivity contribution in [1.82, 2.24) is 5.32 Å². The molecule has 0 aliphatic rings. The minimum Gasteiger partial charge on any atom is -0.392 e. The SMILES string of the molecule is CCCCCCCCC=CCCCCCCCC(=O)NC[C@H](C)O. The van der Waals surface area contributed by atoms with Gasteiger partial charge >= 0.3 is 0 Å². The summed E-state index contributed by atoms with van der Waals surface area (Å²) in [6, 6.07) is 0. The number of carbonyl (C=O) groups excluding carboxylic acids is 1. The molecule has 1 amide bonds. The fourth-order valence-corrected chi connectivity index (χ4v) is 2.71. The Bertz CT molecular complexity index is 300. The van der Waals surface area contributed by atoms with Gasteiger partial charge in [-0.1, -0.05) is 70.4 Å². The Balaban J connectivity index is 3.19. The van der Waals surface area contributed by atoms with E-state index >= 15 is 0 Å². The molecule has 0 aromatic heterocycles. The van der Waals surface area contributed by atoms with E-state index in [9.17, 15) is 4.79 Å². The lowest BCUT2D eigenvalue weighted by atomic mass is 10.1. The van der Waals surface area contributed by atoms with Crippen LogP contribution in [-0.4, -0.2) is 23.7 Å². The minimum atomic E-state index is -0.455. The largest absolute Gasteiger partial charge is 0.392 e. The van der Waals surface area contributed by atoms with Gasteiger partial charge in [0.15, 0.2) is 0 Å². The van der Waals surface area contributed by atoms with Crippen LogP contribution in [0.5, 0.6) is 0 Å². The van der Waals surface area contributed by atoms with Crippen LogP contribution in [0, 0.1) is 0 Å². The van der Waals surface area contributed by atoms with Gasteiger partial charge in [-0.2, -0.15) is 0 Å². The smallest absolute Gasteiger partial charge is 0.220 e. The molecule has 0 bridgehead atoms. The predicted octanol–water partition coefficient (Wildman–Crippen LogP) is 5.52. The van der Waals surface area contributed by atoms with Gasteiger partial charge in [0.05, 0.1) is 6.10 Å². The first-order valence-electron chi connectivity index (χ1n) is 10.3. The third-order valence-corrected chi connectivity index (χ3v) is 4.26. The van der Waals surface area contributed by atoms with Crippen LogP contribution in [0.1, 0.15) is 104 Å². The highest BCUT2D eigenvalue weighted by Crippen LogP contribution is 2.09. The van der Waals surface area contributed by atoms with E-state index in [0.717, 1.165) is 12.8 Å². The van der Waals surface area contributed by atoms with Gasteiger partial charge in [0, 0.05) is 13.0 Å². The normalized spacial score (nSPS) is 12.6. The minimum absolute atomic E-state index is 0.0635. The average molecular weight is 340 g/mol. The summed E-state index contributed by atoms with van der Waals surface area (Å²) in [5.41, 5.74) is 0. The van der Waals surface area contributed by atoms with Gasteiger partial charge in [0.2, 0.25) is 5.91 Å². The lowest BCUT2D eigenvalue weighted by Gasteiger charge is -2.06. The molecule has 0 aromatic carbocycles. The molecule has 142 valence electrons. The van der Waals surface area contributed by atoms with Crippen LogP contribution in [0.3, 0.4) is 0 Å². The van der Waals surface area contributed by atoms with Gasteiger partial charge in [0.1, 0.15) is 0 Å². The molecule has 0 aliphatic heterocycles. The molecular formula is C21H41NO2. The van der Waals surface area contributed by atoms with Crippen LogP contribution in [0.2, 0.25) is 0 Å². The molecule has 0 rings (SSSR count). The van der Waals surface area contributed by atoms with Crippen molar-refractivity contribution >= 4 is 5.91 Å². The molecule has 0 aliphatic carbocycles. The summed E-state index contributed by atoms with van der Waals surface area (Å²) >= 11 is 0. The van der Waals surface area contributed by atoms with E-state index in [4.69, 9.17) is 5.11 Å². The zero-order valence-electron chi connectivity index (χ0n) is 16.2. The van der Waals surface area contributed by atoms with Crippen molar-refractivity contribution in [1.29, 1.82) is 0 Å². The maximum absolute atomic E-state index is 11.5. The molecule has 0 heterocycles. The number of aliphatic hydroxyl groups excluding tert-OH is 1. The zero-order valence-corrected chi connectivity index (χ0v) is 16.2. The van der Waals surface area contributed by atoms with E-state index in [0.29, 0.717) is 13.0 Å². The van der Waals surface area contributed by atoms with Crippen molar-refractivity contribution in [3.63, 3.8) is 0 Å². The number of amides is 1. The summed E-state index contributed by atoms with van der Waals surface area (Å²) in [7, 11) is 0. The lowest BCUT2D eigenvalue weighted by Crippen LogP contribution is -2.30. The van der Waals surface area contributed by atoms with Crippen LogP contribution in [-0.2, 0) is 4.79 Å². The number of unbranched alkanes of at least 4 members (excludes halogenated alkanes) is 11. The molecule has 0 radical (unpaired) electrons. The molecule has 3 nitrogen and oxygen atoms in total. The first kappa shape index (κ1) is 23.2. The summed E-state index contributed by atoms with van der Waals surface area (Å²) in [5, 5.41) is 11.8. The second kappa shape index (κ2) is 18.5. The predicted molar refractivity (Wildman–Crippen MR) is 104 cm³/mol. The molecule has 3 heteroatoms. The van der Waals surface area contributed by atoms with E-state index in [2.05, 4.69) is 24.4 Å². The number of allylic oxidation sites excluding steroid dienone is 2. The Morgan fingerprint density at radius 2 is 1.38 bits per heavy atom. The quantitative estimate of drug-likeness (QED) is 0.271. The van der Waals surface area contributed by atoms with Gasteiger partial charge in [-0.05, 0) is 39.0 Å². The van der Waals surface area contributed by atoms with Crippen LogP contribution in [0.4, 0.5) is 0 Å². The number of carbonyl (C=O) groups is 1. The van der Waals surface area contributed by atoms with E-state index in [1.165, 1.54) is 70.6 Å². The number of nitrogens with one attached hydrogen (secondary N) is 1. The summed E-state index contributed by atoms with van der Waals surface area (Å²) < 4.78 is 0. The van der Waals surface area contributed by atoms with Crippen molar-refractivity contribution in [2.24, 2.45) is 0 Å². The molecule has 2 N–H and O–H groups in total. The van der Waals surface area contributed by atoms with E-state index in [1.807, 2.05) is 0 Å². The maximum atomic E-state index is 11.5. The highest BCUT2D eigenvalue weighted by Gasteiger charge is 2.02. The third kappa shape index (κ3) is 19.2. The molecule has 0 aromatic rings. The average Bonchev–Trinajstić information content (AvgIpc) is 2.56. The summed E-state index contributed by atoms with van der Waals surface area (Å²) in [5.74, 6) is 0.0635. The van der Waals surface area contributed by atoms with Crippen LogP contribution in [0.15, 0.2) is 12.2 Å². The highest BCUT2D eigenvalue weighted by atomic mass is 16.3. The molecule has 0 saturated heterocycles. The molecule has 0 spiro atoms. The topological polar surface area (TPSA) is 49.3 Å². The summed E-state index contributed by atoms with van der Waals surface area (Å²) in [4.78, 5) is 11.5. The Labute approximate surface area is 150 Å². The molecular weight excluding hydrogens is 298 g/mol. The molecule has 1 atom stereocenters. The standard InChI is InChI=1S/C21H41NO2/c1-3-4-5-6-7-8-9-10-11-12-13-14-15-16-17-18-21(24)22-19-20(2)23/h10-11,20,23H,3-9,12-19H2,1-2H3,(H,22,24)/t20-/m0/s1. The van der Waals surface area contributed by atoms with E-state index in [1.54, 1.807) is 6.92 Å². The fraction of sp³-hybridized carbons (Fsp3) is 0.857. The zero-order chi connectivity index (χ0) is 17.9. The van der Waals surface area contributed by atoms with Crippen molar-refractivity contribution in [2.45, 2.75) is 110 Å². The van der Waals surface area contributed by atoms with Gasteiger partial charge in [-0.3, -0.25) is 4.79 Å². The second-order valence-corrected chi connectivity index (χ2v) is 6.99. The lowest BCUT2D eigenvalue weighted by molar-refractivity contribution is -0.121. The van der Waals surface area contributed by atoms with Crippen molar-refractivity contribution < 1.29 is 9.90 Å².